The van der Waals surface area contributed by atoms with E-state index in [1.54, 1.807) is 34.8 Å². The fourth-order valence-corrected chi connectivity index (χ4v) is 3.00. The third-order valence-corrected chi connectivity index (χ3v) is 4.44. The number of hydrogen-bond donors (Lipinski definition) is 0. The molecule has 0 atom stereocenters. The molecule has 25 heavy (non-hydrogen) atoms. The second-order valence-corrected chi connectivity index (χ2v) is 6.21. The maximum absolute atomic E-state index is 10.8. The van der Waals surface area contributed by atoms with Gasteiger partial charge in [-0.2, -0.15) is 9.78 Å². The summed E-state index contributed by atoms with van der Waals surface area (Å²) < 4.78 is 1.67. The number of benzene rings is 2. The van der Waals surface area contributed by atoms with Crippen molar-refractivity contribution in [3.05, 3.63) is 77.1 Å². The Hall–Kier alpha value is -2.93. The van der Waals surface area contributed by atoms with E-state index in [2.05, 4.69) is 27.4 Å². The predicted octanol–water partition coefficient (Wildman–Crippen LogP) is 2.12. The molecule has 0 aliphatic heterocycles. The lowest BCUT2D eigenvalue weighted by molar-refractivity contribution is -0.255. The second-order valence-electron chi connectivity index (χ2n) is 5.27. The molecule has 0 unspecified atom stereocenters. The standard InChI is InChI=1S/C18H16N4O2S/c1-13-20-21-18(25-12-15-5-3-2-4-6-15)22(13)19-11-14-7-9-16(10-8-14)17(23)24/h2-11H,12H2,1H3,(H,23,24)/p-1/b19-11-. The van der Waals surface area contributed by atoms with Crippen LogP contribution in [0.15, 0.2) is 64.9 Å². The molecule has 0 spiro atoms. The Balaban J connectivity index is 1.73. The topological polar surface area (TPSA) is 83.2 Å². The predicted molar refractivity (Wildman–Crippen MR) is 94.5 cm³/mol. The number of aromatic carboxylic acids is 1. The van der Waals surface area contributed by atoms with Crippen molar-refractivity contribution in [2.75, 3.05) is 0 Å². The van der Waals surface area contributed by atoms with Gasteiger partial charge in [0.2, 0.25) is 5.16 Å². The lowest BCUT2D eigenvalue weighted by Crippen LogP contribution is -2.21. The number of carboxylic acids is 1. The fourth-order valence-electron chi connectivity index (χ4n) is 2.11. The summed E-state index contributed by atoms with van der Waals surface area (Å²) in [6, 6.07) is 16.4. The summed E-state index contributed by atoms with van der Waals surface area (Å²) in [5.74, 6) is 0.255. The van der Waals surface area contributed by atoms with Gasteiger partial charge in [-0.05, 0) is 23.6 Å². The van der Waals surface area contributed by atoms with Gasteiger partial charge in [-0.25, -0.2) is 0 Å². The maximum atomic E-state index is 10.8. The first kappa shape index (κ1) is 16.9. The van der Waals surface area contributed by atoms with Crippen LogP contribution in [-0.2, 0) is 5.75 Å². The van der Waals surface area contributed by atoms with Crippen LogP contribution >= 0.6 is 11.8 Å². The monoisotopic (exact) mass is 351 g/mol. The Kier molecular flexibility index (Phi) is 5.25. The van der Waals surface area contributed by atoms with Crippen LogP contribution in [0.4, 0.5) is 0 Å². The normalized spacial score (nSPS) is 11.1. The first-order chi connectivity index (χ1) is 12.1. The van der Waals surface area contributed by atoms with Gasteiger partial charge in [0, 0.05) is 5.75 Å². The van der Waals surface area contributed by atoms with E-state index in [1.165, 1.54) is 17.7 Å². The molecule has 0 aliphatic rings. The van der Waals surface area contributed by atoms with Crippen molar-refractivity contribution in [3.63, 3.8) is 0 Å². The maximum Gasteiger partial charge on any atom is 0.212 e. The molecular formula is C18H15N4O2S-. The minimum absolute atomic E-state index is 0.136. The van der Waals surface area contributed by atoms with Crippen molar-refractivity contribution in [2.45, 2.75) is 17.8 Å². The average Bonchev–Trinajstić information content (AvgIpc) is 2.99. The quantitative estimate of drug-likeness (QED) is 0.502. The zero-order chi connectivity index (χ0) is 17.6. The van der Waals surface area contributed by atoms with Crippen LogP contribution in [-0.4, -0.2) is 27.1 Å². The summed E-state index contributed by atoms with van der Waals surface area (Å²) in [7, 11) is 0. The fraction of sp³-hybridized carbons (Fsp3) is 0.111. The number of hydrogen-bond acceptors (Lipinski definition) is 6. The van der Waals surface area contributed by atoms with E-state index in [4.69, 9.17) is 0 Å². The number of carbonyl (C=O) groups is 1. The highest BCUT2D eigenvalue weighted by molar-refractivity contribution is 7.98. The van der Waals surface area contributed by atoms with Gasteiger partial charge in [0.25, 0.3) is 0 Å². The summed E-state index contributed by atoms with van der Waals surface area (Å²) in [5, 5.41) is 24.1. The van der Waals surface area contributed by atoms with Crippen LogP contribution in [0.1, 0.15) is 27.3 Å². The third kappa shape index (κ3) is 4.33. The third-order valence-electron chi connectivity index (χ3n) is 3.45. The lowest BCUT2D eigenvalue weighted by atomic mass is 10.1. The number of carbonyl (C=O) groups excluding carboxylic acids is 1. The Labute approximate surface area is 149 Å². The lowest BCUT2D eigenvalue weighted by Gasteiger charge is -2.03. The van der Waals surface area contributed by atoms with Crippen LogP contribution in [0.25, 0.3) is 0 Å². The summed E-state index contributed by atoms with van der Waals surface area (Å²) >= 11 is 1.55. The molecule has 3 rings (SSSR count). The van der Waals surface area contributed by atoms with Gasteiger partial charge in [-0.15, -0.1) is 10.2 Å². The van der Waals surface area contributed by atoms with Crippen LogP contribution in [0.3, 0.4) is 0 Å². The SMILES string of the molecule is Cc1nnc(SCc2ccccc2)n1/N=C\c1ccc(C(=O)[O-])cc1. The van der Waals surface area contributed by atoms with E-state index in [-0.39, 0.29) is 5.56 Å². The Morgan fingerprint density at radius 2 is 1.88 bits per heavy atom. The zero-order valence-electron chi connectivity index (χ0n) is 13.5. The number of aryl methyl sites for hydroxylation is 1. The molecular weight excluding hydrogens is 336 g/mol. The molecule has 126 valence electrons. The average molecular weight is 351 g/mol. The van der Waals surface area contributed by atoms with Crippen LogP contribution in [0.2, 0.25) is 0 Å². The van der Waals surface area contributed by atoms with Crippen molar-refractivity contribution < 1.29 is 9.90 Å². The van der Waals surface area contributed by atoms with E-state index in [0.717, 1.165) is 11.3 Å². The number of thioether (sulfide) groups is 1. The van der Waals surface area contributed by atoms with Crippen molar-refractivity contribution in [1.29, 1.82) is 0 Å². The van der Waals surface area contributed by atoms with E-state index >= 15 is 0 Å². The molecule has 1 heterocycles. The number of nitrogens with zero attached hydrogens (tertiary/aromatic N) is 4. The van der Waals surface area contributed by atoms with Crippen LogP contribution in [0, 0.1) is 6.92 Å². The van der Waals surface area contributed by atoms with Crippen LogP contribution in [0.5, 0.6) is 0 Å². The number of rotatable bonds is 6. The van der Waals surface area contributed by atoms with Gasteiger partial charge in [-0.3, -0.25) is 0 Å². The van der Waals surface area contributed by atoms with Crippen molar-refractivity contribution in [3.8, 4) is 0 Å². The Bertz CT molecular complexity index is 889. The molecule has 6 nitrogen and oxygen atoms in total. The highest BCUT2D eigenvalue weighted by atomic mass is 32.2. The van der Waals surface area contributed by atoms with Gasteiger partial charge in [0.15, 0.2) is 5.82 Å². The van der Waals surface area contributed by atoms with Gasteiger partial charge >= 0.3 is 0 Å². The van der Waals surface area contributed by atoms with Crippen molar-refractivity contribution in [2.24, 2.45) is 5.10 Å². The zero-order valence-corrected chi connectivity index (χ0v) is 14.3. The molecule has 2 aromatic carbocycles. The molecule has 7 heteroatoms. The van der Waals surface area contributed by atoms with Crippen molar-refractivity contribution >= 4 is 23.9 Å². The highest BCUT2D eigenvalue weighted by Crippen LogP contribution is 2.21. The van der Waals surface area contributed by atoms with Crippen molar-refractivity contribution in [1.82, 2.24) is 14.9 Å². The summed E-state index contributed by atoms with van der Waals surface area (Å²) in [5.41, 5.74) is 2.11. The van der Waals surface area contributed by atoms with Gasteiger partial charge in [0.1, 0.15) is 0 Å². The molecule has 0 saturated heterocycles. The van der Waals surface area contributed by atoms with E-state index in [1.807, 2.05) is 25.1 Å². The summed E-state index contributed by atoms with van der Waals surface area (Å²) in [4.78, 5) is 10.8. The molecule has 0 radical (unpaired) electrons. The minimum atomic E-state index is -1.20. The largest absolute Gasteiger partial charge is 0.545 e. The molecule has 0 aliphatic carbocycles. The van der Waals surface area contributed by atoms with E-state index < -0.39 is 5.97 Å². The molecule has 0 saturated carbocycles. The summed E-state index contributed by atoms with van der Waals surface area (Å²) in [6.45, 7) is 1.83. The smallest absolute Gasteiger partial charge is 0.212 e. The molecule has 0 N–H and O–H groups in total. The first-order valence-corrected chi connectivity index (χ1v) is 8.56. The van der Waals surface area contributed by atoms with Gasteiger partial charge < -0.3 is 9.90 Å². The molecule has 0 bridgehead atoms. The Morgan fingerprint density at radius 3 is 2.56 bits per heavy atom. The number of aromatic nitrogens is 3. The second kappa shape index (κ2) is 7.76. The van der Waals surface area contributed by atoms with E-state index in [9.17, 15) is 9.90 Å². The molecule has 0 amide bonds. The van der Waals surface area contributed by atoms with Gasteiger partial charge in [-0.1, -0.05) is 66.4 Å². The highest BCUT2D eigenvalue weighted by Gasteiger charge is 2.08. The summed E-state index contributed by atoms with van der Waals surface area (Å²) in [6.07, 6.45) is 1.64. The van der Waals surface area contributed by atoms with E-state index in [0.29, 0.717) is 11.0 Å². The first-order valence-electron chi connectivity index (χ1n) is 7.58. The molecule has 3 aromatic rings. The van der Waals surface area contributed by atoms with Crippen LogP contribution < -0.4 is 5.11 Å². The minimum Gasteiger partial charge on any atom is -0.545 e. The Morgan fingerprint density at radius 1 is 1.16 bits per heavy atom. The van der Waals surface area contributed by atoms with Gasteiger partial charge in [0.05, 0.1) is 12.2 Å². The number of carboxylic acid groups (broad SMARTS) is 1. The molecule has 0 fully saturated rings. The molecule has 1 aromatic heterocycles.